The molecule has 0 saturated heterocycles. The van der Waals surface area contributed by atoms with Gasteiger partial charge in [-0.25, -0.2) is 9.37 Å². The van der Waals surface area contributed by atoms with Gasteiger partial charge in [-0.15, -0.1) is 0 Å². The molecule has 0 radical (unpaired) electrons. The molecule has 1 aromatic heterocycles. The first-order valence-corrected chi connectivity index (χ1v) is 6.85. The summed E-state index contributed by atoms with van der Waals surface area (Å²) >= 11 is 0. The average Bonchev–Trinajstić information content (AvgIpc) is 2.57. The van der Waals surface area contributed by atoms with Crippen LogP contribution in [-0.4, -0.2) is 4.98 Å². The van der Waals surface area contributed by atoms with Crippen molar-refractivity contribution < 1.29 is 4.39 Å². The van der Waals surface area contributed by atoms with Crippen molar-refractivity contribution >= 4 is 11.4 Å². The Labute approximate surface area is 128 Å². The van der Waals surface area contributed by atoms with Crippen LogP contribution in [0.25, 0.3) is 0 Å². The minimum Gasteiger partial charge on any atom is -0.355 e. The molecule has 1 heterocycles. The van der Waals surface area contributed by atoms with Gasteiger partial charge in [0.05, 0.1) is 0 Å². The highest BCUT2D eigenvalue weighted by atomic mass is 19.1. The summed E-state index contributed by atoms with van der Waals surface area (Å²) in [6.45, 7) is 0. The molecule has 0 amide bonds. The van der Waals surface area contributed by atoms with Crippen molar-refractivity contribution in [3.63, 3.8) is 0 Å². The van der Waals surface area contributed by atoms with Crippen LogP contribution in [0.15, 0.2) is 72.9 Å². The lowest BCUT2D eigenvalue weighted by molar-refractivity contribution is 0.628. The summed E-state index contributed by atoms with van der Waals surface area (Å²) in [7, 11) is 0. The Balaban J connectivity index is 1.78. The number of rotatable bonds is 2. The second kappa shape index (κ2) is 6.55. The lowest BCUT2D eigenvalue weighted by Gasteiger charge is -2.06. The fourth-order valence-electron chi connectivity index (χ4n) is 1.95. The van der Waals surface area contributed by atoms with E-state index in [0.717, 1.165) is 22.6 Å². The SMILES string of the molecule is Fc1ccc(Nc2cccc(C#Cc3ccccn3)c2)cc1. The number of benzene rings is 2. The van der Waals surface area contributed by atoms with Crippen molar-refractivity contribution in [1.29, 1.82) is 0 Å². The maximum absolute atomic E-state index is 12.9. The molecule has 22 heavy (non-hydrogen) atoms. The highest BCUT2D eigenvalue weighted by Gasteiger charge is 1.96. The van der Waals surface area contributed by atoms with Gasteiger partial charge in [0, 0.05) is 23.1 Å². The predicted octanol–water partition coefficient (Wildman–Crippen LogP) is 4.36. The molecular formula is C19H13FN2. The van der Waals surface area contributed by atoms with Crippen LogP contribution in [0, 0.1) is 17.7 Å². The number of pyridine rings is 1. The van der Waals surface area contributed by atoms with E-state index in [1.165, 1.54) is 12.1 Å². The molecular weight excluding hydrogens is 275 g/mol. The predicted molar refractivity (Wildman–Crippen MR) is 86.3 cm³/mol. The molecule has 106 valence electrons. The largest absolute Gasteiger partial charge is 0.355 e. The van der Waals surface area contributed by atoms with Crippen LogP contribution in [0.3, 0.4) is 0 Å². The number of anilines is 2. The van der Waals surface area contributed by atoms with Gasteiger partial charge >= 0.3 is 0 Å². The average molecular weight is 288 g/mol. The van der Waals surface area contributed by atoms with Gasteiger partial charge in [-0.1, -0.05) is 18.1 Å². The van der Waals surface area contributed by atoms with E-state index in [1.54, 1.807) is 18.3 Å². The van der Waals surface area contributed by atoms with Crippen molar-refractivity contribution in [2.24, 2.45) is 0 Å². The molecule has 0 aliphatic heterocycles. The Morgan fingerprint density at radius 3 is 2.45 bits per heavy atom. The number of hydrogen-bond acceptors (Lipinski definition) is 2. The van der Waals surface area contributed by atoms with E-state index < -0.39 is 0 Å². The third kappa shape index (κ3) is 3.71. The third-order valence-corrected chi connectivity index (χ3v) is 3.00. The van der Waals surface area contributed by atoms with Crippen LogP contribution < -0.4 is 5.32 Å². The van der Waals surface area contributed by atoms with E-state index in [0.29, 0.717) is 0 Å². The number of halogens is 1. The summed E-state index contributed by atoms with van der Waals surface area (Å²) in [4.78, 5) is 4.17. The first kappa shape index (κ1) is 13.8. The fraction of sp³-hybridized carbons (Fsp3) is 0. The van der Waals surface area contributed by atoms with Crippen molar-refractivity contribution in [2.75, 3.05) is 5.32 Å². The molecule has 2 aromatic carbocycles. The number of nitrogens with one attached hydrogen (secondary N) is 1. The zero-order valence-electron chi connectivity index (χ0n) is 11.8. The Morgan fingerprint density at radius 2 is 1.68 bits per heavy atom. The summed E-state index contributed by atoms with van der Waals surface area (Å²) < 4.78 is 12.9. The van der Waals surface area contributed by atoms with E-state index in [2.05, 4.69) is 22.1 Å². The maximum atomic E-state index is 12.9. The quantitative estimate of drug-likeness (QED) is 0.708. The molecule has 0 aliphatic carbocycles. The summed E-state index contributed by atoms with van der Waals surface area (Å²) in [5.74, 6) is 5.86. The summed E-state index contributed by atoms with van der Waals surface area (Å²) in [6.07, 6.45) is 1.72. The Morgan fingerprint density at radius 1 is 0.818 bits per heavy atom. The fourth-order valence-corrected chi connectivity index (χ4v) is 1.95. The maximum Gasteiger partial charge on any atom is 0.123 e. The van der Waals surface area contributed by atoms with Crippen LogP contribution in [0.2, 0.25) is 0 Å². The molecule has 0 aliphatic rings. The molecule has 3 rings (SSSR count). The topological polar surface area (TPSA) is 24.9 Å². The van der Waals surface area contributed by atoms with Crippen molar-refractivity contribution in [3.8, 4) is 11.8 Å². The van der Waals surface area contributed by atoms with Crippen molar-refractivity contribution in [1.82, 2.24) is 4.98 Å². The monoisotopic (exact) mass is 288 g/mol. The lowest BCUT2D eigenvalue weighted by Crippen LogP contribution is -1.90. The second-order valence-corrected chi connectivity index (χ2v) is 4.68. The number of aromatic nitrogens is 1. The molecule has 0 fully saturated rings. The highest BCUT2D eigenvalue weighted by molar-refractivity contribution is 5.61. The van der Waals surface area contributed by atoms with Crippen LogP contribution in [0.5, 0.6) is 0 Å². The van der Waals surface area contributed by atoms with Gasteiger partial charge in [0.2, 0.25) is 0 Å². The minimum atomic E-state index is -0.250. The van der Waals surface area contributed by atoms with Crippen LogP contribution in [-0.2, 0) is 0 Å². The summed E-state index contributed by atoms with van der Waals surface area (Å²) in [5.41, 5.74) is 3.35. The summed E-state index contributed by atoms with van der Waals surface area (Å²) in [5, 5.41) is 3.22. The lowest BCUT2D eigenvalue weighted by atomic mass is 10.2. The van der Waals surface area contributed by atoms with Crippen LogP contribution in [0.1, 0.15) is 11.3 Å². The van der Waals surface area contributed by atoms with Crippen molar-refractivity contribution in [3.05, 3.63) is 90.0 Å². The van der Waals surface area contributed by atoms with Gasteiger partial charge in [0.15, 0.2) is 0 Å². The van der Waals surface area contributed by atoms with Gasteiger partial charge < -0.3 is 5.32 Å². The molecule has 1 N–H and O–H groups in total. The van der Waals surface area contributed by atoms with Gasteiger partial charge in [-0.05, 0) is 60.5 Å². The smallest absolute Gasteiger partial charge is 0.123 e. The van der Waals surface area contributed by atoms with Crippen LogP contribution in [0.4, 0.5) is 15.8 Å². The number of nitrogens with zero attached hydrogens (tertiary/aromatic N) is 1. The van der Waals surface area contributed by atoms with E-state index in [1.807, 2.05) is 42.5 Å². The van der Waals surface area contributed by atoms with Gasteiger partial charge in [0.25, 0.3) is 0 Å². The third-order valence-electron chi connectivity index (χ3n) is 3.00. The molecule has 0 spiro atoms. The zero-order chi connectivity index (χ0) is 15.2. The number of hydrogen-bond donors (Lipinski definition) is 1. The Bertz CT molecular complexity index is 815. The second-order valence-electron chi connectivity index (χ2n) is 4.68. The Hall–Kier alpha value is -3.12. The Kier molecular flexibility index (Phi) is 4.12. The van der Waals surface area contributed by atoms with Gasteiger partial charge in [0.1, 0.15) is 11.5 Å². The molecule has 0 atom stereocenters. The first-order valence-electron chi connectivity index (χ1n) is 6.85. The van der Waals surface area contributed by atoms with Crippen LogP contribution >= 0.6 is 0 Å². The van der Waals surface area contributed by atoms with E-state index in [9.17, 15) is 4.39 Å². The van der Waals surface area contributed by atoms with E-state index >= 15 is 0 Å². The normalized spacial score (nSPS) is 9.68. The molecule has 0 saturated carbocycles. The first-order chi connectivity index (χ1) is 10.8. The molecule has 3 heteroatoms. The highest BCUT2D eigenvalue weighted by Crippen LogP contribution is 2.17. The molecule has 0 unspecified atom stereocenters. The molecule has 3 aromatic rings. The molecule has 2 nitrogen and oxygen atoms in total. The zero-order valence-corrected chi connectivity index (χ0v) is 11.8. The summed E-state index contributed by atoms with van der Waals surface area (Å²) in [6, 6.07) is 19.6. The minimum absolute atomic E-state index is 0.250. The van der Waals surface area contributed by atoms with Gasteiger partial charge in [-0.3, -0.25) is 0 Å². The van der Waals surface area contributed by atoms with E-state index in [4.69, 9.17) is 0 Å². The standard InChI is InChI=1S/C19H13FN2/c20-16-8-11-18(12-9-16)22-19-6-3-4-15(14-19)7-10-17-5-1-2-13-21-17/h1-6,8-9,11-14,22H. The van der Waals surface area contributed by atoms with Gasteiger partial charge in [-0.2, -0.15) is 0 Å². The van der Waals surface area contributed by atoms with Crippen molar-refractivity contribution in [2.45, 2.75) is 0 Å². The van der Waals surface area contributed by atoms with E-state index in [-0.39, 0.29) is 5.82 Å². The molecule has 0 bridgehead atoms.